The van der Waals surface area contributed by atoms with Gasteiger partial charge in [-0.1, -0.05) is 0 Å². The average molecular weight is 294 g/mol. The molecule has 0 bridgehead atoms. The third-order valence-corrected chi connectivity index (χ3v) is 3.78. The molecule has 4 rings (SSSR count). The van der Waals surface area contributed by atoms with E-state index in [4.69, 9.17) is 9.72 Å². The van der Waals surface area contributed by atoms with Gasteiger partial charge in [-0.15, -0.1) is 0 Å². The van der Waals surface area contributed by atoms with Crippen LogP contribution in [0.3, 0.4) is 0 Å². The Bertz CT molecular complexity index is 1000. The van der Waals surface area contributed by atoms with Crippen molar-refractivity contribution in [1.29, 1.82) is 0 Å². The first-order valence-electron chi connectivity index (χ1n) is 6.85. The number of ether oxygens (including phenoxy) is 1. The van der Waals surface area contributed by atoms with Crippen LogP contribution in [0.2, 0.25) is 0 Å². The van der Waals surface area contributed by atoms with Crippen LogP contribution in [0.5, 0.6) is 5.75 Å². The molecule has 22 heavy (non-hydrogen) atoms. The molecule has 0 aromatic carbocycles. The molecule has 7 heteroatoms. The number of methoxy groups -OCH3 is 1. The van der Waals surface area contributed by atoms with Gasteiger partial charge in [-0.3, -0.25) is 0 Å². The Hall–Kier alpha value is -2.96. The number of nitrogens with zero attached hydrogens (tertiary/aromatic N) is 6. The summed E-state index contributed by atoms with van der Waals surface area (Å²) < 4.78 is 9.07. The van der Waals surface area contributed by atoms with Crippen LogP contribution >= 0.6 is 0 Å². The van der Waals surface area contributed by atoms with E-state index in [1.165, 1.54) is 6.33 Å². The molecule has 4 heterocycles. The summed E-state index contributed by atoms with van der Waals surface area (Å²) in [5.41, 5.74) is 4.43. The summed E-state index contributed by atoms with van der Waals surface area (Å²) in [7, 11) is 3.57. The molecule has 0 unspecified atom stereocenters. The van der Waals surface area contributed by atoms with Gasteiger partial charge in [0.1, 0.15) is 17.7 Å². The fourth-order valence-corrected chi connectivity index (χ4v) is 2.63. The van der Waals surface area contributed by atoms with E-state index in [0.717, 1.165) is 28.1 Å². The first-order chi connectivity index (χ1) is 10.7. The zero-order valence-corrected chi connectivity index (χ0v) is 12.5. The van der Waals surface area contributed by atoms with E-state index in [2.05, 4.69) is 15.1 Å². The van der Waals surface area contributed by atoms with Crippen molar-refractivity contribution in [2.45, 2.75) is 6.92 Å². The predicted octanol–water partition coefficient (Wildman–Crippen LogP) is 2.00. The fraction of sp³-hybridized carbons (Fsp3) is 0.200. The molecule has 7 nitrogen and oxygen atoms in total. The van der Waals surface area contributed by atoms with Gasteiger partial charge >= 0.3 is 0 Å². The lowest BCUT2D eigenvalue weighted by Gasteiger charge is -2.06. The van der Waals surface area contributed by atoms with Crippen LogP contribution in [0.1, 0.15) is 5.56 Å². The Labute approximate surface area is 126 Å². The Morgan fingerprint density at radius 2 is 2.05 bits per heavy atom. The van der Waals surface area contributed by atoms with E-state index in [-0.39, 0.29) is 0 Å². The van der Waals surface area contributed by atoms with Gasteiger partial charge in [0.15, 0.2) is 17.0 Å². The Morgan fingerprint density at radius 3 is 2.82 bits per heavy atom. The molecule has 0 saturated carbocycles. The lowest BCUT2D eigenvalue weighted by molar-refractivity contribution is 0.416. The molecule has 0 fully saturated rings. The van der Waals surface area contributed by atoms with Crippen LogP contribution in [0.25, 0.3) is 28.2 Å². The number of hydrogen-bond donors (Lipinski definition) is 0. The molecular formula is C15H14N6O. The maximum Gasteiger partial charge on any atom is 0.197 e. The summed E-state index contributed by atoms with van der Waals surface area (Å²) in [6, 6.07) is 3.88. The van der Waals surface area contributed by atoms with Crippen LogP contribution in [0.15, 0.2) is 30.9 Å². The summed E-state index contributed by atoms with van der Waals surface area (Å²) >= 11 is 0. The molecule has 0 aliphatic rings. The van der Waals surface area contributed by atoms with E-state index in [0.29, 0.717) is 11.4 Å². The highest BCUT2D eigenvalue weighted by atomic mass is 16.5. The number of hydrogen-bond acceptors (Lipinski definition) is 5. The second kappa shape index (κ2) is 4.52. The van der Waals surface area contributed by atoms with Crippen molar-refractivity contribution in [2.24, 2.45) is 7.05 Å². The van der Waals surface area contributed by atoms with Gasteiger partial charge in [0.2, 0.25) is 0 Å². The van der Waals surface area contributed by atoms with Crippen molar-refractivity contribution in [1.82, 2.24) is 29.1 Å². The quantitative estimate of drug-likeness (QED) is 0.565. The average Bonchev–Trinajstić information content (AvgIpc) is 3.12. The number of rotatable bonds is 2. The lowest BCUT2D eigenvalue weighted by atomic mass is 10.2. The topological polar surface area (TPSA) is 70.1 Å². The van der Waals surface area contributed by atoms with Crippen molar-refractivity contribution in [2.75, 3.05) is 7.11 Å². The molecule has 0 radical (unpaired) electrons. The summed E-state index contributed by atoms with van der Waals surface area (Å²) in [4.78, 5) is 13.3. The zero-order valence-electron chi connectivity index (χ0n) is 12.5. The molecule has 0 amide bonds. The van der Waals surface area contributed by atoms with Crippen LogP contribution < -0.4 is 4.74 Å². The van der Waals surface area contributed by atoms with Crippen LogP contribution in [0.4, 0.5) is 0 Å². The lowest BCUT2D eigenvalue weighted by Crippen LogP contribution is -1.98. The normalized spacial score (nSPS) is 11.4. The fourth-order valence-electron chi connectivity index (χ4n) is 2.63. The molecular weight excluding hydrogens is 280 g/mol. The SMILES string of the molecule is COc1cc(-c2nc3c(C)ccnc3n2C)cn2ncnc12. The van der Waals surface area contributed by atoms with Gasteiger partial charge in [-0.2, -0.15) is 5.10 Å². The maximum atomic E-state index is 5.41. The van der Waals surface area contributed by atoms with E-state index in [9.17, 15) is 0 Å². The highest BCUT2D eigenvalue weighted by Crippen LogP contribution is 2.28. The minimum absolute atomic E-state index is 0.659. The largest absolute Gasteiger partial charge is 0.493 e. The second-order valence-electron chi connectivity index (χ2n) is 5.12. The monoisotopic (exact) mass is 294 g/mol. The number of imidazole rings is 1. The van der Waals surface area contributed by atoms with Gasteiger partial charge in [0, 0.05) is 25.0 Å². The summed E-state index contributed by atoms with van der Waals surface area (Å²) in [6.07, 6.45) is 5.19. The molecule has 0 aliphatic carbocycles. The number of aromatic nitrogens is 6. The Kier molecular flexibility index (Phi) is 2.62. The van der Waals surface area contributed by atoms with Crippen LogP contribution in [-0.4, -0.2) is 36.2 Å². The highest BCUT2D eigenvalue weighted by Gasteiger charge is 2.15. The number of fused-ring (bicyclic) bond motifs is 2. The molecule has 110 valence electrons. The van der Waals surface area contributed by atoms with Crippen LogP contribution in [-0.2, 0) is 7.05 Å². The van der Waals surface area contributed by atoms with Gasteiger partial charge in [0.25, 0.3) is 0 Å². The highest BCUT2D eigenvalue weighted by molar-refractivity contribution is 5.80. The van der Waals surface area contributed by atoms with Crippen molar-refractivity contribution >= 4 is 16.8 Å². The number of pyridine rings is 2. The van der Waals surface area contributed by atoms with E-state index < -0.39 is 0 Å². The van der Waals surface area contributed by atoms with E-state index in [1.54, 1.807) is 17.8 Å². The van der Waals surface area contributed by atoms with Crippen molar-refractivity contribution in [3.8, 4) is 17.1 Å². The molecule has 4 aromatic heterocycles. The maximum absolute atomic E-state index is 5.41. The molecule has 0 aliphatic heterocycles. The third-order valence-electron chi connectivity index (χ3n) is 3.78. The molecule has 4 aromatic rings. The van der Waals surface area contributed by atoms with Gasteiger partial charge in [0.05, 0.1) is 7.11 Å². The van der Waals surface area contributed by atoms with Gasteiger partial charge in [-0.25, -0.2) is 19.5 Å². The molecule has 0 atom stereocenters. The molecule has 0 N–H and O–H groups in total. The Balaban J connectivity index is 2.02. The summed E-state index contributed by atoms with van der Waals surface area (Å²) in [6.45, 7) is 2.03. The minimum Gasteiger partial charge on any atom is -0.493 e. The second-order valence-corrected chi connectivity index (χ2v) is 5.12. The zero-order chi connectivity index (χ0) is 15.3. The predicted molar refractivity (Wildman–Crippen MR) is 81.8 cm³/mol. The minimum atomic E-state index is 0.659. The van der Waals surface area contributed by atoms with Gasteiger partial charge in [-0.05, 0) is 24.6 Å². The summed E-state index contributed by atoms with van der Waals surface area (Å²) in [5.74, 6) is 1.47. The first kappa shape index (κ1) is 12.8. The van der Waals surface area contributed by atoms with Gasteiger partial charge < -0.3 is 9.30 Å². The number of aryl methyl sites for hydroxylation is 2. The standard InChI is InChI=1S/C15H14N6O/c1-9-4-5-16-15-12(9)19-13(20(15)2)10-6-11(22-3)14-17-8-18-21(14)7-10/h4-8H,1-3H3. The van der Waals surface area contributed by atoms with Crippen molar-refractivity contribution in [3.05, 3.63) is 36.4 Å². The van der Waals surface area contributed by atoms with Crippen LogP contribution in [0, 0.1) is 6.92 Å². The molecule has 0 spiro atoms. The smallest absolute Gasteiger partial charge is 0.197 e. The van der Waals surface area contributed by atoms with E-state index >= 15 is 0 Å². The van der Waals surface area contributed by atoms with Crippen molar-refractivity contribution < 1.29 is 4.74 Å². The van der Waals surface area contributed by atoms with E-state index in [1.807, 2.05) is 36.9 Å². The Morgan fingerprint density at radius 1 is 1.18 bits per heavy atom. The van der Waals surface area contributed by atoms with Crippen molar-refractivity contribution in [3.63, 3.8) is 0 Å². The first-order valence-corrected chi connectivity index (χ1v) is 6.85. The molecule has 0 saturated heterocycles. The summed E-state index contributed by atoms with van der Waals surface area (Å²) in [5, 5.41) is 4.19. The third kappa shape index (κ3) is 1.68.